The molecular weight excluding hydrogens is 356 g/mol. The average molecular weight is 374 g/mol. The third kappa shape index (κ3) is 4.72. The highest BCUT2D eigenvalue weighted by atomic mass is 16.6. The van der Waals surface area contributed by atoms with Crippen LogP contribution in [0.4, 0.5) is 11.4 Å². The number of aryl methyl sites for hydroxylation is 1. The van der Waals surface area contributed by atoms with Crippen molar-refractivity contribution in [3.05, 3.63) is 57.6 Å². The molecule has 9 heteroatoms. The number of nitro groups is 1. The summed E-state index contributed by atoms with van der Waals surface area (Å²) in [6.07, 6.45) is 0. The Labute approximate surface area is 155 Å². The van der Waals surface area contributed by atoms with Crippen molar-refractivity contribution >= 4 is 23.3 Å². The molecule has 0 bridgehead atoms. The molecule has 2 aromatic carbocycles. The summed E-state index contributed by atoms with van der Waals surface area (Å²) >= 11 is 0. The Bertz CT molecular complexity index is 858. The minimum Gasteiger partial charge on any atom is -0.496 e. The van der Waals surface area contributed by atoms with Crippen LogP contribution in [-0.4, -0.2) is 37.6 Å². The highest BCUT2D eigenvalue weighted by Crippen LogP contribution is 2.29. The van der Waals surface area contributed by atoms with Gasteiger partial charge in [0.05, 0.1) is 19.1 Å². The first-order valence-electron chi connectivity index (χ1n) is 7.80. The van der Waals surface area contributed by atoms with E-state index in [4.69, 9.17) is 14.2 Å². The van der Waals surface area contributed by atoms with Gasteiger partial charge < -0.3 is 19.5 Å². The van der Waals surface area contributed by atoms with E-state index in [-0.39, 0.29) is 22.7 Å². The van der Waals surface area contributed by atoms with Crippen LogP contribution >= 0.6 is 0 Å². The number of methoxy groups -OCH3 is 2. The number of nitrogens with zero attached hydrogens (tertiary/aromatic N) is 1. The molecule has 0 aliphatic rings. The van der Waals surface area contributed by atoms with Crippen molar-refractivity contribution in [2.75, 3.05) is 26.1 Å². The van der Waals surface area contributed by atoms with Crippen LogP contribution in [-0.2, 0) is 9.53 Å². The van der Waals surface area contributed by atoms with E-state index in [1.807, 2.05) is 0 Å². The van der Waals surface area contributed by atoms with Gasteiger partial charge in [0.1, 0.15) is 17.1 Å². The van der Waals surface area contributed by atoms with E-state index in [1.54, 1.807) is 25.1 Å². The summed E-state index contributed by atoms with van der Waals surface area (Å²) < 4.78 is 15.3. The standard InChI is InChI=1S/C18H18N2O7/c1-11-9-12(20(23)24)7-8-13(11)19-16(21)10-27-18(22)17-14(25-2)5-4-6-15(17)26-3/h4-9H,10H2,1-3H3,(H,19,21). The lowest BCUT2D eigenvalue weighted by Crippen LogP contribution is -2.21. The molecule has 0 aliphatic carbocycles. The molecule has 27 heavy (non-hydrogen) atoms. The number of hydrogen-bond donors (Lipinski definition) is 1. The monoisotopic (exact) mass is 374 g/mol. The average Bonchev–Trinajstić information content (AvgIpc) is 2.66. The molecule has 142 valence electrons. The second-order valence-corrected chi connectivity index (χ2v) is 5.42. The second kappa shape index (κ2) is 8.65. The van der Waals surface area contributed by atoms with Crippen LogP contribution in [0.2, 0.25) is 0 Å². The number of carbonyl (C=O) groups is 2. The molecule has 0 saturated heterocycles. The molecule has 0 heterocycles. The second-order valence-electron chi connectivity index (χ2n) is 5.42. The number of esters is 1. The van der Waals surface area contributed by atoms with Crippen LogP contribution in [0.3, 0.4) is 0 Å². The third-order valence-electron chi connectivity index (χ3n) is 3.66. The highest BCUT2D eigenvalue weighted by molar-refractivity contribution is 5.98. The van der Waals surface area contributed by atoms with Crippen molar-refractivity contribution < 1.29 is 28.7 Å². The van der Waals surface area contributed by atoms with E-state index in [0.717, 1.165) is 0 Å². The zero-order chi connectivity index (χ0) is 20.0. The zero-order valence-electron chi connectivity index (χ0n) is 15.0. The number of rotatable bonds is 7. The van der Waals surface area contributed by atoms with E-state index in [1.165, 1.54) is 32.4 Å². The number of hydrogen-bond acceptors (Lipinski definition) is 7. The Morgan fingerprint density at radius 1 is 1.11 bits per heavy atom. The molecule has 0 fully saturated rings. The molecule has 0 aliphatic heterocycles. The molecule has 2 aromatic rings. The number of ether oxygens (including phenoxy) is 3. The Morgan fingerprint density at radius 2 is 1.74 bits per heavy atom. The van der Waals surface area contributed by atoms with Gasteiger partial charge in [0.15, 0.2) is 6.61 Å². The quantitative estimate of drug-likeness (QED) is 0.450. The van der Waals surface area contributed by atoms with Gasteiger partial charge in [-0.1, -0.05) is 6.07 Å². The summed E-state index contributed by atoms with van der Waals surface area (Å²) in [7, 11) is 2.80. The van der Waals surface area contributed by atoms with Gasteiger partial charge in [0.25, 0.3) is 11.6 Å². The first-order valence-corrected chi connectivity index (χ1v) is 7.80. The largest absolute Gasteiger partial charge is 0.496 e. The molecule has 0 atom stereocenters. The fraction of sp³-hybridized carbons (Fsp3) is 0.222. The van der Waals surface area contributed by atoms with Crippen molar-refractivity contribution in [3.8, 4) is 11.5 Å². The van der Waals surface area contributed by atoms with Crippen molar-refractivity contribution in [2.45, 2.75) is 6.92 Å². The fourth-order valence-electron chi connectivity index (χ4n) is 2.34. The Morgan fingerprint density at radius 3 is 2.26 bits per heavy atom. The molecule has 1 amide bonds. The molecule has 1 N–H and O–H groups in total. The lowest BCUT2D eigenvalue weighted by atomic mass is 10.1. The van der Waals surface area contributed by atoms with Crippen LogP contribution in [0, 0.1) is 17.0 Å². The maximum atomic E-state index is 12.3. The minimum absolute atomic E-state index is 0.0711. The summed E-state index contributed by atoms with van der Waals surface area (Å²) in [6, 6.07) is 8.81. The third-order valence-corrected chi connectivity index (χ3v) is 3.66. The summed E-state index contributed by atoms with van der Waals surface area (Å²) in [5.74, 6) is -0.856. The topological polar surface area (TPSA) is 117 Å². The molecule has 0 aromatic heterocycles. The van der Waals surface area contributed by atoms with Crippen molar-refractivity contribution in [2.24, 2.45) is 0 Å². The number of benzene rings is 2. The van der Waals surface area contributed by atoms with Gasteiger partial charge in [0, 0.05) is 17.8 Å². The normalized spacial score (nSPS) is 10.0. The number of nitrogens with one attached hydrogen (secondary N) is 1. The molecule has 0 spiro atoms. The van der Waals surface area contributed by atoms with E-state index in [2.05, 4.69) is 5.32 Å². The van der Waals surface area contributed by atoms with Crippen LogP contribution in [0.5, 0.6) is 11.5 Å². The summed E-state index contributed by atoms with van der Waals surface area (Å²) in [5.41, 5.74) is 0.883. The van der Waals surface area contributed by atoms with Gasteiger partial charge in [-0.05, 0) is 30.7 Å². The first kappa shape index (κ1) is 19.7. The van der Waals surface area contributed by atoms with E-state index < -0.39 is 23.4 Å². The smallest absolute Gasteiger partial charge is 0.346 e. The molecule has 0 unspecified atom stereocenters. The van der Waals surface area contributed by atoms with Crippen molar-refractivity contribution in [3.63, 3.8) is 0 Å². The van der Waals surface area contributed by atoms with Crippen molar-refractivity contribution in [1.82, 2.24) is 0 Å². The highest BCUT2D eigenvalue weighted by Gasteiger charge is 2.21. The summed E-state index contributed by atoms with van der Waals surface area (Å²) in [6.45, 7) is 1.07. The van der Waals surface area contributed by atoms with Crippen LogP contribution in [0.1, 0.15) is 15.9 Å². The van der Waals surface area contributed by atoms with Crippen LogP contribution in [0.15, 0.2) is 36.4 Å². The number of amides is 1. The van der Waals surface area contributed by atoms with Gasteiger partial charge in [-0.2, -0.15) is 0 Å². The molecule has 2 rings (SSSR count). The van der Waals surface area contributed by atoms with E-state index >= 15 is 0 Å². The van der Waals surface area contributed by atoms with Gasteiger partial charge >= 0.3 is 5.97 Å². The maximum Gasteiger partial charge on any atom is 0.346 e. The Kier molecular flexibility index (Phi) is 6.32. The lowest BCUT2D eigenvalue weighted by molar-refractivity contribution is -0.384. The predicted octanol–water partition coefficient (Wildman–Crippen LogP) is 2.72. The van der Waals surface area contributed by atoms with Gasteiger partial charge in [-0.15, -0.1) is 0 Å². The maximum absolute atomic E-state index is 12.3. The number of non-ortho nitro benzene ring substituents is 1. The number of nitro benzene ring substituents is 1. The Balaban J connectivity index is 2.04. The molecule has 9 nitrogen and oxygen atoms in total. The fourth-order valence-corrected chi connectivity index (χ4v) is 2.34. The number of anilines is 1. The number of carbonyl (C=O) groups excluding carboxylic acids is 2. The molecule has 0 radical (unpaired) electrons. The zero-order valence-corrected chi connectivity index (χ0v) is 15.0. The van der Waals surface area contributed by atoms with Gasteiger partial charge in [-0.3, -0.25) is 14.9 Å². The Hall–Kier alpha value is -3.62. The summed E-state index contributed by atoms with van der Waals surface area (Å²) in [5, 5.41) is 13.3. The summed E-state index contributed by atoms with van der Waals surface area (Å²) in [4.78, 5) is 34.6. The van der Waals surface area contributed by atoms with E-state index in [0.29, 0.717) is 11.3 Å². The SMILES string of the molecule is COc1cccc(OC)c1C(=O)OCC(=O)Nc1ccc([N+](=O)[O-])cc1C. The van der Waals surface area contributed by atoms with Crippen molar-refractivity contribution in [1.29, 1.82) is 0 Å². The molecule has 0 saturated carbocycles. The van der Waals surface area contributed by atoms with Gasteiger partial charge in [0.2, 0.25) is 0 Å². The van der Waals surface area contributed by atoms with Crippen LogP contribution in [0.25, 0.3) is 0 Å². The minimum atomic E-state index is -0.778. The first-order chi connectivity index (χ1) is 12.9. The van der Waals surface area contributed by atoms with Crippen LogP contribution < -0.4 is 14.8 Å². The van der Waals surface area contributed by atoms with Gasteiger partial charge in [-0.25, -0.2) is 4.79 Å². The molecular formula is C18H18N2O7. The van der Waals surface area contributed by atoms with E-state index in [9.17, 15) is 19.7 Å². The predicted molar refractivity (Wildman–Crippen MR) is 96.3 cm³/mol. The lowest BCUT2D eigenvalue weighted by Gasteiger charge is -2.12.